The summed E-state index contributed by atoms with van der Waals surface area (Å²) in [6.07, 6.45) is 0. The van der Waals surface area contributed by atoms with Crippen LogP contribution in [0.1, 0.15) is 31.2 Å². The average molecular weight is 347 g/mol. The molecular weight excluding hydrogens is 320 g/mol. The maximum Gasteiger partial charge on any atom is 0.250 e. The summed E-state index contributed by atoms with van der Waals surface area (Å²) in [7, 11) is -1.81. The van der Waals surface area contributed by atoms with Crippen molar-refractivity contribution in [2.45, 2.75) is 38.9 Å². The van der Waals surface area contributed by atoms with Crippen LogP contribution >= 0.6 is 11.3 Å². The fraction of sp³-hybridized carbons (Fsp3) is 0.368. The molecule has 0 saturated heterocycles. The third-order valence-corrected chi connectivity index (χ3v) is 9.92. The summed E-state index contributed by atoms with van der Waals surface area (Å²) in [6, 6.07) is 17.4. The third kappa shape index (κ3) is 4.13. The molecule has 0 atom stereocenters. The van der Waals surface area contributed by atoms with Gasteiger partial charge in [0.1, 0.15) is 5.76 Å². The van der Waals surface area contributed by atoms with Gasteiger partial charge < -0.3 is 9.53 Å². The SMILES string of the molecule is CC[Si](CC)(CC)O/C(=C(/CO)c1ccccc1)c1cccs1. The first-order valence-electron chi connectivity index (χ1n) is 8.32. The maximum atomic E-state index is 10.0. The Hall–Kier alpha value is -1.36. The van der Waals surface area contributed by atoms with Crippen LogP contribution in [0, 0.1) is 0 Å². The van der Waals surface area contributed by atoms with E-state index in [2.05, 4.69) is 32.2 Å². The van der Waals surface area contributed by atoms with Gasteiger partial charge in [-0.15, -0.1) is 11.3 Å². The molecule has 0 amide bonds. The van der Waals surface area contributed by atoms with Crippen molar-refractivity contribution in [3.8, 4) is 0 Å². The zero-order valence-corrected chi connectivity index (χ0v) is 16.0. The van der Waals surface area contributed by atoms with Crippen LogP contribution in [0.25, 0.3) is 11.3 Å². The standard InChI is InChI=1S/C19H26O2SSi/c1-4-23(5-2,6-3)21-19(18-13-10-14-22-18)17(15-20)16-11-8-7-9-12-16/h7-14,20H,4-6,15H2,1-3H3/b19-17-. The Morgan fingerprint density at radius 1 is 1.00 bits per heavy atom. The van der Waals surface area contributed by atoms with Gasteiger partial charge in [-0.25, -0.2) is 0 Å². The van der Waals surface area contributed by atoms with Crippen molar-refractivity contribution in [1.82, 2.24) is 0 Å². The normalized spacial score (nSPS) is 12.9. The van der Waals surface area contributed by atoms with Crippen molar-refractivity contribution in [3.05, 3.63) is 58.3 Å². The molecule has 1 N–H and O–H groups in total. The molecule has 2 aromatic rings. The van der Waals surface area contributed by atoms with E-state index in [9.17, 15) is 5.11 Å². The second kappa shape index (κ2) is 8.48. The minimum absolute atomic E-state index is 0.0150. The van der Waals surface area contributed by atoms with Gasteiger partial charge in [0.05, 0.1) is 11.5 Å². The van der Waals surface area contributed by atoms with Gasteiger partial charge in [-0.05, 0) is 35.1 Å². The van der Waals surface area contributed by atoms with Gasteiger partial charge >= 0.3 is 0 Å². The third-order valence-electron chi connectivity index (χ3n) is 4.55. The largest absolute Gasteiger partial charge is 0.542 e. The first-order valence-corrected chi connectivity index (χ1v) is 11.7. The summed E-state index contributed by atoms with van der Waals surface area (Å²) in [5, 5.41) is 12.1. The first-order chi connectivity index (χ1) is 11.2. The second-order valence-electron chi connectivity index (χ2n) is 5.65. The van der Waals surface area contributed by atoms with Crippen LogP contribution in [-0.2, 0) is 4.43 Å². The molecule has 2 rings (SSSR count). The predicted molar refractivity (Wildman–Crippen MR) is 103 cm³/mol. The van der Waals surface area contributed by atoms with Crippen LogP contribution in [0.3, 0.4) is 0 Å². The minimum Gasteiger partial charge on any atom is -0.542 e. The summed E-state index contributed by atoms with van der Waals surface area (Å²) >= 11 is 1.67. The first kappa shape index (κ1) is 18.0. The fourth-order valence-corrected chi connectivity index (χ4v) is 6.19. The summed E-state index contributed by atoms with van der Waals surface area (Å²) in [4.78, 5) is 1.10. The van der Waals surface area contributed by atoms with Crippen molar-refractivity contribution < 1.29 is 9.53 Å². The minimum atomic E-state index is -1.81. The highest BCUT2D eigenvalue weighted by atomic mass is 32.1. The molecule has 1 aromatic carbocycles. The van der Waals surface area contributed by atoms with E-state index >= 15 is 0 Å². The van der Waals surface area contributed by atoms with E-state index in [0.29, 0.717) is 0 Å². The Labute approximate surface area is 144 Å². The molecule has 23 heavy (non-hydrogen) atoms. The van der Waals surface area contributed by atoms with E-state index in [4.69, 9.17) is 4.43 Å². The van der Waals surface area contributed by atoms with Crippen molar-refractivity contribution in [1.29, 1.82) is 0 Å². The lowest BCUT2D eigenvalue weighted by Gasteiger charge is -2.31. The van der Waals surface area contributed by atoms with Crippen LogP contribution in [0.2, 0.25) is 18.1 Å². The maximum absolute atomic E-state index is 10.0. The smallest absolute Gasteiger partial charge is 0.250 e. The van der Waals surface area contributed by atoms with E-state index in [1.54, 1.807) is 11.3 Å². The Morgan fingerprint density at radius 3 is 2.13 bits per heavy atom. The van der Waals surface area contributed by atoms with Crippen LogP contribution in [0.5, 0.6) is 0 Å². The van der Waals surface area contributed by atoms with Gasteiger partial charge in [0.15, 0.2) is 0 Å². The van der Waals surface area contributed by atoms with E-state index < -0.39 is 8.32 Å². The Morgan fingerprint density at radius 2 is 1.65 bits per heavy atom. The summed E-state index contributed by atoms with van der Waals surface area (Å²) in [5.74, 6) is 0.880. The molecule has 0 aliphatic carbocycles. The molecule has 4 heteroatoms. The molecule has 0 aliphatic rings. The van der Waals surface area contributed by atoms with Crippen molar-refractivity contribution in [2.24, 2.45) is 0 Å². The number of benzene rings is 1. The highest BCUT2D eigenvalue weighted by Gasteiger charge is 2.33. The van der Waals surface area contributed by atoms with Crippen molar-refractivity contribution in [2.75, 3.05) is 6.61 Å². The number of hydrogen-bond donors (Lipinski definition) is 1. The quantitative estimate of drug-likeness (QED) is 0.496. The zero-order chi connectivity index (χ0) is 16.7. The van der Waals surface area contributed by atoms with Gasteiger partial charge in [-0.3, -0.25) is 0 Å². The molecule has 0 spiro atoms. The Bertz CT molecular complexity index is 608. The summed E-state index contributed by atoms with van der Waals surface area (Å²) < 4.78 is 6.71. The lowest BCUT2D eigenvalue weighted by Crippen LogP contribution is -2.35. The molecule has 0 radical (unpaired) electrons. The van der Waals surface area contributed by atoms with Gasteiger partial charge in [0, 0.05) is 5.57 Å². The van der Waals surface area contributed by atoms with Gasteiger partial charge in [0.25, 0.3) is 8.32 Å². The lowest BCUT2D eigenvalue weighted by molar-refractivity contribution is 0.348. The highest BCUT2D eigenvalue weighted by molar-refractivity contribution is 7.11. The molecule has 0 bridgehead atoms. The lowest BCUT2D eigenvalue weighted by atomic mass is 10.0. The number of thiophene rings is 1. The second-order valence-corrected chi connectivity index (χ2v) is 11.3. The predicted octanol–water partition coefficient (Wildman–Crippen LogP) is 5.63. The van der Waals surface area contributed by atoms with Crippen LogP contribution in [-0.4, -0.2) is 20.0 Å². The monoisotopic (exact) mass is 346 g/mol. The van der Waals surface area contributed by atoms with Crippen molar-refractivity contribution >= 4 is 31.0 Å². The van der Waals surface area contributed by atoms with Gasteiger partial charge in [-0.1, -0.05) is 57.2 Å². The highest BCUT2D eigenvalue weighted by Crippen LogP contribution is 2.35. The molecule has 0 unspecified atom stereocenters. The van der Waals surface area contributed by atoms with E-state index in [0.717, 1.165) is 39.9 Å². The molecule has 1 aromatic heterocycles. The van der Waals surface area contributed by atoms with Crippen LogP contribution < -0.4 is 0 Å². The molecule has 0 fully saturated rings. The van der Waals surface area contributed by atoms with Crippen LogP contribution in [0.4, 0.5) is 0 Å². The van der Waals surface area contributed by atoms with Crippen LogP contribution in [0.15, 0.2) is 47.8 Å². The Balaban J connectivity index is 2.56. The summed E-state index contributed by atoms with van der Waals surface area (Å²) in [6.45, 7) is 6.67. The number of rotatable bonds is 8. The molecule has 2 nitrogen and oxygen atoms in total. The number of aliphatic hydroxyl groups excluding tert-OH is 1. The number of hydrogen-bond acceptors (Lipinski definition) is 3. The summed E-state index contributed by atoms with van der Waals surface area (Å²) in [5.41, 5.74) is 1.92. The molecule has 0 aliphatic heterocycles. The number of aliphatic hydroxyl groups is 1. The Kier molecular flexibility index (Phi) is 6.63. The van der Waals surface area contributed by atoms with E-state index in [-0.39, 0.29) is 6.61 Å². The van der Waals surface area contributed by atoms with Gasteiger partial charge in [-0.2, -0.15) is 0 Å². The van der Waals surface area contributed by atoms with E-state index in [1.807, 2.05) is 36.4 Å². The average Bonchev–Trinajstić information content (AvgIpc) is 3.14. The van der Waals surface area contributed by atoms with Gasteiger partial charge in [0.2, 0.25) is 0 Å². The molecule has 1 heterocycles. The topological polar surface area (TPSA) is 29.5 Å². The molecule has 0 saturated carbocycles. The zero-order valence-electron chi connectivity index (χ0n) is 14.2. The molecular formula is C19H26O2SSi. The fourth-order valence-electron chi connectivity index (χ4n) is 2.78. The van der Waals surface area contributed by atoms with Crippen molar-refractivity contribution in [3.63, 3.8) is 0 Å². The molecule has 124 valence electrons. The van der Waals surface area contributed by atoms with E-state index in [1.165, 1.54) is 0 Å².